The predicted octanol–water partition coefficient (Wildman–Crippen LogP) is 0.517. The van der Waals surface area contributed by atoms with Crippen molar-refractivity contribution in [2.24, 2.45) is 5.92 Å². The number of rotatable bonds is 7. The first kappa shape index (κ1) is 13.3. The Morgan fingerprint density at radius 1 is 1.44 bits per heavy atom. The maximum Gasteiger partial charge on any atom is 0.234 e. The van der Waals surface area contributed by atoms with Gasteiger partial charge in [0.05, 0.1) is 25.6 Å². The highest BCUT2D eigenvalue weighted by molar-refractivity contribution is 5.78. The van der Waals surface area contributed by atoms with Crippen molar-refractivity contribution >= 4 is 5.91 Å². The fourth-order valence-corrected chi connectivity index (χ4v) is 2.34. The number of nitrogens with one attached hydrogen (secondary N) is 1. The van der Waals surface area contributed by atoms with Gasteiger partial charge in [0.1, 0.15) is 0 Å². The fourth-order valence-electron chi connectivity index (χ4n) is 2.34. The van der Waals surface area contributed by atoms with E-state index in [0.29, 0.717) is 31.5 Å². The van der Waals surface area contributed by atoms with Gasteiger partial charge in [-0.05, 0) is 25.2 Å². The van der Waals surface area contributed by atoms with E-state index in [9.17, 15) is 4.79 Å². The maximum atomic E-state index is 11.7. The highest BCUT2D eigenvalue weighted by atomic mass is 16.5. The third kappa shape index (κ3) is 4.28. The van der Waals surface area contributed by atoms with Gasteiger partial charge in [0.25, 0.3) is 0 Å². The third-order valence-corrected chi connectivity index (χ3v) is 3.49. The normalized spacial score (nSPS) is 23.0. The average Bonchev–Trinajstić information content (AvgIpc) is 3.08. The molecule has 2 rings (SSSR count). The van der Waals surface area contributed by atoms with Crippen LogP contribution in [0.1, 0.15) is 25.7 Å². The van der Waals surface area contributed by atoms with Crippen molar-refractivity contribution in [1.29, 1.82) is 5.26 Å². The number of carbonyl (C=O) groups excluding carboxylic acids is 1. The van der Waals surface area contributed by atoms with E-state index in [-0.39, 0.29) is 5.91 Å². The van der Waals surface area contributed by atoms with E-state index in [1.807, 2.05) is 6.07 Å². The maximum absolute atomic E-state index is 11.7. The van der Waals surface area contributed by atoms with Crippen LogP contribution in [0, 0.1) is 17.2 Å². The number of amides is 1. The van der Waals surface area contributed by atoms with Gasteiger partial charge in [-0.25, -0.2) is 0 Å². The van der Waals surface area contributed by atoms with Crippen LogP contribution in [0.4, 0.5) is 0 Å². The summed E-state index contributed by atoms with van der Waals surface area (Å²) in [7, 11) is 0. The Bertz CT molecular complexity index is 317. The second kappa shape index (κ2) is 6.72. The minimum absolute atomic E-state index is 0.0380. The standard InChI is InChI=1S/C13H21N3O2/c14-5-1-6-15-13(17)9-16(12-2-3-12)8-11-4-7-18-10-11/h11-12H,1-4,6-10H2,(H,15,17)/t11-/m1/s1. The second-order valence-electron chi connectivity index (χ2n) is 5.15. The molecule has 0 spiro atoms. The molecule has 0 radical (unpaired) electrons. The highest BCUT2D eigenvalue weighted by Crippen LogP contribution is 2.28. The summed E-state index contributed by atoms with van der Waals surface area (Å²) in [6, 6.07) is 2.62. The lowest BCUT2D eigenvalue weighted by molar-refractivity contribution is -0.122. The lowest BCUT2D eigenvalue weighted by Gasteiger charge is -2.24. The van der Waals surface area contributed by atoms with Gasteiger partial charge in [0, 0.05) is 25.7 Å². The van der Waals surface area contributed by atoms with E-state index >= 15 is 0 Å². The molecule has 0 aromatic heterocycles. The van der Waals surface area contributed by atoms with E-state index < -0.39 is 0 Å². The van der Waals surface area contributed by atoms with Crippen LogP contribution in [0.5, 0.6) is 0 Å². The molecule has 5 heteroatoms. The van der Waals surface area contributed by atoms with Gasteiger partial charge < -0.3 is 10.1 Å². The summed E-state index contributed by atoms with van der Waals surface area (Å²) in [5.41, 5.74) is 0. The van der Waals surface area contributed by atoms with E-state index in [1.54, 1.807) is 0 Å². The van der Waals surface area contributed by atoms with E-state index in [2.05, 4.69) is 10.2 Å². The first-order valence-electron chi connectivity index (χ1n) is 6.75. The SMILES string of the molecule is N#CCCNC(=O)CN(C[C@H]1CCOC1)C1CC1. The van der Waals surface area contributed by atoms with Crippen molar-refractivity contribution in [3.63, 3.8) is 0 Å². The molecule has 0 aromatic rings. The highest BCUT2D eigenvalue weighted by Gasteiger charge is 2.32. The fraction of sp³-hybridized carbons (Fsp3) is 0.846. The topological polar surface area (TPSA) is 65.4 Å². The van der Waals surface area contributed by atoms with Crippen LogP contribution in [0.2, 0.25) is 0 Å². The molecule has 2 aliphatic rings. The van der Waals surface area contributed by atoms with Gasteiger partial charge in [-0.1, -0.05) is 0 Å². The molecule has 5 nitrogen and oxygen atoms in total. The van der Waals surface area contributed by atoms with Crippen molar-refractivity contribution in [2.45, 2.75) is 31.7 Å². The number of hydrogen-bond donors (Lipinski definition) is 1. The molecular weight excluding hydrogens is 230 g/mol. The van der Waals surface area contributed by atoms with Gasteiger partial charge in [0.2, 0.25) is 5.91 Å². The molecule has 1 saturated heterocycles. The Kier molecular flexibility index (Phi) is 4.97. The summed E-state index contributed by atoms with van der Waals surface area (Å²) < 4.78 is 5.38. The van der Waals surface area contributed by atoms with Crippen molar-refractivity contribution in [3.8, 4) is 6.07 Å². The smallest absolute Gasteiger partial charge is 0.234 e. The molecule has 0 bridgehead atoms. The molecular formula is C13H21N3O2. The minimum atomic E-state index is 0.0380. The predicted molar refractivity (Wildman–Crippen MR) is 66.8 cm³/mol. The van der Waals surface area contributed by atoms with Gasteiger partial charge >= 0.3 is 0 Å². The number of ether oxygens (including phenoxy) is 1. The average molecular weight is 251 g/mol. The quantitative estimate of drug-likeness (QED) is 0.670. The molecule has 0 unspecified atom stereocenters. The van der Waals surface area contributed by atoms with Crippen LogP contribution in [0.3, 0.4) is 0 Å². The molecule has 1 saturated carbocycles. The molecule has 2 fully saturated rings. The molecule has 1 aliphatic heterocycles. The number of nitriles is 1. The second-order valence-corrected chi connectivity index (χ2v) is 5.15. The van der Waals surface area contributed by atoms with Gasteiger partial charge in [-0.2, -0.15) is 5.26 Å². The molecule has 18 heavy (non-hydrogen) atoms. The molecule has 1 atom stereocenters. The summed E-state index contributed by atoms with van der Waals surface area (Å²) in [6.07, 6.45) is 3.91. The summed E-state index contributed by atoms with van der Waals surface area (Å²) >= 11 is 0. The molecule has 100 valence electrons. The van der Waals surface area contributed by atoms with Crippen LogP contribution in [-0.2, 0) is 9.53 Å². The van der Waals surface area contributed by atoms with E-state index in [0.717, 1.165) is 26.2 Å². The first-order valence-corrected chi connectivity index (χ1v) is 6.75. The lowest BCUT2D eigenvalue weighted by atomic mass is 10.1. The van der Waals surface area contributed by atoms with Crippen LogP contribution in [0.25, 0.3) is 0 Å². The number of hydrogen-bond acceptors (Lipinski definition) is 4. The molecule has 1 heterocycles. The summed E-state index contributed by atoms with van der Waals surface area (Å²) in [5, 5.41) is 11.2. The Morgan fingerprint density at radius 3 is 2.89 bits per heavy atom. The zero-order valence-electron chi connectivity index (χ0n) is 10.7. The van der Waals surface area contributed by atoms with E-state index in [1.165, 1.54) is 12.8 Å². The third-order valence-electron chi connectivity index (χ3n) is 3.49. The Hall–Kier alpha value is -1.12. The zero-order chi connectivity index (χ0) is 12.8. The van der Waals surface area contributed by atoms with Crippen molar-refractivity contribution < 1.29 is 9.53 Å². The zero-order valence-corrected chi connectivity index (χ0v) is 10.7. The first-order chi connectivity index (χ1) is 8.79. The van der Waals surface area contributed by atoms with Gasteiger partial charge in [-0.15, -0.1) is 0 Å². The van der Waals surface area contributed by atoms with Crippen LogP contribution >= 0.6 is 0 Å². The molecule has 0 aromatic carbocycles. The van der Waals surface area contributed by atoms with Crippen LogP contribution < -0.4 is 5.32 Å². The molecule has 1 amide bonds. The Balaban J connectivity index is 1.71. The van der Waals surface area contributed by atoms with Crippen molar-refractivity contribution in [1.82, 2.24) is 10.2 Å². The van der Waals surface area contributed by atoms with E-state index in [4.69, 9.17) is 10.00 Å². The Labute approximate surface area is 108 Å². The summed E-state index contributed by atoms with van der Waals surface area (Å²) in [5.74, 6) is 0.619. The van der Waals surface area contributed by atoms with Crippen molar-refractivity contribution in [2.75, 3.05) is 32.8 Å². The monoisotopic (exact) mass is 251 g/mol. The molecule has 1 aliphatic carbocycles. The van der Waals surface area contributed by atoms with Gasteiger partial charge in [-0.3, -0.25) is 9.69 Å². The van der Waals surface area contributed by atoms with Crippen LogP contribution in [-0.4, -0.2) is 49.7 Å². The molecule has 1 N–H and O–H groups in total. The van der Waals surface area contributed by atoms with Gasteiger partial charge in [0.15, 0.2) is 0 Å². The van der Waals surface area contributed by atoms with Crippen molar-refractivity contribution in [3.05, 3.63) is 0 Å². The summed E-state index contributed by atoms with van der Waals surface area (Å²) in [6.45, 7) is 3.58. The lowest BCUT2D eigenvalue weighted by Crippen LogP contribution is -2.41. The summed E-state index contributed by atoms with van der Waals surface area (Å²) in [4.78, 5) is 14.0. The Morgan fingerprint density at radius 2 is 2.28 bits per heavy atom. The number of nitrogens with zero attached hydrogens (tertiary/aromatic N) is 2. The minimum Gasteiger partial charge on any atom is -0.381 e. The number of carbonyl (C=O) groups is 1. The largest absolute Gasteiger partial charge is 0.381 e. The van der Waals surface area contributed by atoms with Crippen LogP contribution in [0.15, 0.2) is 0 Å².